The van der Waals surface area contributed by atoms with Crippen LogP contribution in [0.25, 0.3) is 6.08 Å². The van der Waals surface area contributed by atoms with Crippen LogP contribution in [-0.4, -0.2) is 35.4 Å². The summed E-state index contributed by atoms with van der Waals surface area (Å²) in [5.41, 5.74) is 2.64. The van der Waals surface area contributed by atoms with E-state index >= 15 is 0 Å². The molecule has 0 saturated heterocycles. The van der Waals surface area contributed by atoms with Crippen LogP contribution in [0.4, 0.5) is 5.82 Å². The fourth-order valence-electron chi connectivity index (χ4n) is 2.98. The van der Waals surface area contributed by atoms with Gasteiger partial charge in [0.1, 0.15) is 11.6 Å². The summed E-state index contributed by atoms with van der Waals surface area (Å²) >= 11 is 6.20. The summed E-state index contributed by atoms with van der Waals surface area (Å²) in [5.74, 6) is 1.04. The van der Waals surface area contributed by atoms with E-state index < -0.39 is 0 Å². The number of carbonyl (C=O) groups is 2. The van der Waals surface area contributed by atoms with Crippen LogP contribution in [0.3, 0.4) is 0 Å². The monoisotopic (exact) mass is 399 g/mol. The Kier molecular flexibility index (Phi) is 6.31. The number of benzene rings is 1. The Balaban J connectivity index is 1.68. The molecule has 6 nitrogen and oxygen atoms in total. The Labute approximate surface area is 169 Å². The number of rotatable bonds is 6. The fraction of sp³-hybridized carbons (Fsp3) is 0.286. The van der Waals surface area contributed by atoms with E-state index in [1.165, 1.54) is 6.08 Å². The van der Waals surface area contributed by atoms with E-state index in [4.69, 9.17) is 16.3 Å². The van der Waals surface area contributed by atoms with E-state index in [1.807, 2.05) is 25.1 Å². The zero-order chi connectivity index (χ0) is 20.1. The number of likely N-dealkylation sites (N-methyl/N-ethyl adjacent to an activating group) is 1. The molecule has 1 aliphatic rings. The minimum atomic E-state index is -0.145. The Hall–Kier alpha value is -2.86. The molecule has 0 radical (unpaired) electrons. The molecule has 2 aromatic rings. The molecule has 0 bridgehead atoms. The number of ether oxygens (including phenoxy) is 1. The Morgan fingerprint density at radius 3 is 3.00 bits per heavy atom. The topological polar surface area (TPSA) is 71.5 Å². The van der Waals surface area contributed by atoms with Gasteiger partial charge in [0.15, 0.2) is 0 Å². The van der Waals surface area contributed by atoms with Gasteiger partial charge >= 0.3 is 0 Å². The molecule has 146 valence electrons. The number of aromatic nitrogens is 1. The average Bonchev–Trinajstić information content (AvgIpc) is 2.68. The second-order valence-electron chi connectivity index (χ2n) is 6.51. The highest BCUT2D eigenvalue weighted by Gasteiger charge is 2.16. The summed E-state index contributed by atoms with van der Waals surface area (Å²) in [5, 5.41) is 3.28. The van der Waals surface area contributed by atoms with Crippen molar-refractivity contribution in [3.05, 3.63) is 58.3 Å². The van der Waals surface area contributed by atoms with Crippen LogP contribution in [0.15, 0.2) is 36.5 Å². The second-order valence-corrected chi connectivity index (χ2v) is 6.92. The van der Waals surface area contributed by atoms with Gasteiger partial charge in [0.05, 0.1) is 11.6 Å². The Morgan fingerprint density at radius 2 is 2.21 bits per heavy atom. The zero-order valence-electron chi connectivity index (χ0n) is 15.9. The molecule has 0 atom stereocenters. The van der Waals surface area contributed by atoms with Gasteiger partial charge in [-0.3, -0.25) is 9.59 Å². The van der Waals surface area contributed by atoms with Gasteiger partial charge < -0.3 is 15.0 Å². The third-order valence-electron chi connectivity index (χ3n) is 4.41. The highest BCUT2D eigenvalue weighted by atomic mass is 35.5. The number of aryl methyl sites for hydroxylation is 1. The highest BCUT2D eigenvalue weighted by Crippen LogP contribution is 2.29. The van der Waals surface area contributed by atoms with Crippen molar-refractivity contribution in [3.63, 3.8) is 0 Å². The number of hydrogen-bond donors (Lipinski definition) is 1. The number of hydrogen-bond acceptors (Lipinski definition) is 4. The maximum Gasteiger partial charge on any atom is 0.246 e. The number of amides is 2. The van der Waals surface area contributed by atoms with Crippen molar-refractivity contribution in [2.75, 3.05) is 19.0 Å². The Bertz CT molecular complexity index is 927. The van der Waals surface area contributed by atoms with Crippen molar-refractivity contribution < 1.29 is 14.3 Å². The lowest BCUT2D eigenvalue weighted by Crippen LogP contribution is -2.24. The third kappa shape index (κ3) is 4.70. The van der Waals surface area contributed by atoms with Crippen molar-refractivity contribution in [1.29, 1.82) is 0 Å². The highest BCUT2D eigenvalue weighted by molar-refractivity contribution is 6.32. The minimum absolute atomic E-state index is 0.0208. The Morgan fingerprint density at radius 1 is 1.39 bits per heavy atom. The van der Waals surface area contributed by atoms with Gasteiger partial charge in [-0.15, -0.1) is 0 Å². The smallest absolute Gasteiger partial charge is 0.246 e. The molecule has 1 aliphatic heterocycles. The van der Waals surface area contributed by atoms with Crippen LogP contribution in [0.5, 0.6) is 5.75 Å². The first kappa shape index (κ1) is 19.9. The van der Waals surface area contributed by atoms with Crippen LogP contribution in [-0.2, 0) is 22.6 Å². The largest absolute Gasteiger partial charge is 0.492 e. The molecule has 0 spiro atoms. The predicted octanol–water partition coefficient (Wildman–Crippen LogP) is 3.69. The van der Waals surface area contributed by atoms with Crippen LogP contribution >= 0.6 is 11.6 Å². The molecular formula is C21H22ClN3O3. The van der Waals surface area contributed by atoms with E-state index in [2.05, 4.69) is 10.3 Å². The normalized spacial score (nSPS) is 13.2. The summed E-state index contributed by atoms with van der Waals surface area (Å²) < 4.78 is 5.61. The van der Waals surface area contributed by atoms with E-state index in [-0.39, 0.29) is 11.8 Å². The van der Waals surface area contributed by atoms with Crippen LogP contribution in [0.1, 0.15) is 30.0 Å². The van der Waals surface area contributed by atoms with Crippen molar-refractivity contribution in [2.45, 2.75) is 26.3 Å². The van der Waals surface area contributed by atoms with Gasteiger partial charge in [0, 0.05) is 37.8 Å². The second kappa shape index (κ2) is 8.89. The van der Waals surface area contributed by atoms with Crippen molar-refractivity contribution in [3.8, 4) is 5.75 Å². The zero-order valence-corrected chi connectivity index (χ0v) is 16.6. The molecule has 1 N–H and O–H groups in total. The summed E-state index contributed by atoms with van der Waals surface area (Å²) in [6.45, 7) is 2.77. The summed E-state index contributed by atoms with van der Waals surface area (Å²) in [6, 6.07) is 7.44. The molecule has 2 heterocycles. The number of nitrogens with zero attached hydrogens (tertiary/aromatic N) is 2. The third-order valence-corrected chi connectivity index (χ3v) is 4.70. The molecule has 1 aromatic heterocycles. The van der Waals surface area contributed by atoms with Crippen LogP contribution in [0.2, 0.25) is 5.02 Å². The number of carbonyl (C=O) groups excluding carboxylic acids is 2. The van der Waals surface area contributed by atoms with Gasteiger partial charge in [-0.1, -0.05) is 23.7 Å². The summed E-state index contributed by atoms with van der Waals surface area (Å²) in [4.78, 5) is 29.8. The first-order valence-electron chi connectivity index (χ1n) is 9.10. The molecule has 0 fully saturated rings. The van der Waals surface area contributed by atoms with Crippen LogP contribution in [0, 0.1) is 0 Å². The number of para-hydroxylation sites is 1. The van der Waals surface area contributed by atoms with Gasteiger partial charge in [-0.2, -0.15) is 0 Å². The lowest BCUT2D eigenvalue weighted by molar-refractivity contribution is -0.125. The molecule has 0 saturated carbocycles. The lowest BCUT2D eigenvalue weighted by Gasteiger charge is -2.18. The molecular weight excluding hydrogens is 378 g/mol. The maximum absolute atomic E-state index is 12.5. The predicted molar refractivity (Wildman–Crippen MR) is 109 cm³/mol. The molecule has 0 aliphatic carbocycles. The first-order chi connectivity index (χ1) is 13.5. The first-order valence-corrected chi connectivity index (χ1v) is 9.48. The molecule has 0 unspecified atom stereocenters. The minimum Gasteiger partial charge on any atom is -0.492 e. The number of nitrogens with one attached hydrogen (secondary N) is 1. The van der Waals surface area contributed by atoms with Gasteiger partial charge in [0.2, 0.25) is 11.8 Å². The molecule has 2 amide bonds. The number of fused-ring (bicyclic) bond motifs is 1. The number of halogens is 1. The quantitative estimate of drug-likeness (QED) is 0.752. The SMILES string of the molecule is CCOc1c(Cl)cccc1CN(C)C(=O)C=Cc1cnc2c(c1)CCC(=O)N2. The summed E-state index contributed by atoms with van der Waals surface area (Å²) in [7, 11) is 1.73. The fourth-order valence-corrected chi connectivity index (χ4v) is 3.23. The number of anilines is 1. The van der Waals surface area contributed by atoms with E-state index in [1.54, 1.807) is 30.3 Å². The van der Waals surface area contributed by atoms with Crippen molar-refractivity contribution in [2.24, 2.45) is 0 Å². The maximum atomic E-state index is 12.5. The van der Waals surface area contributed by atoms with Gasteiger partial charge in [-0.05, 0) is 42.7 Å². The molecule has 1 aromatic carbocycles. The van der Waals surface area contributed by atoms with Gasteiger partial charge in [0.25, 0.3) is 0 Å². The molecule has 3 rings (SSSR count). The summed E-state index contributed by atoms with van der Waals surface area (Å²) in [6.07, 6.45) is 5.97. The average molecular weight is 400 g/mol. The van der Waals surface area contributed by atoms with Crippen molar-refractivity contribution >= 4 is 35.3 Å². The van der Waals surface area contributed by atoms with Crippen molar-refractivity contribution in [1.82, 2.24) is 9.88 Å². The lowest BCUT2D eigenvalue weighted by atomic mass is 10.0. The van der Waals surface area contributed by atoms with E-state index in [0.29, 0.717) is 42.6 Å². The molecule has 28 heavy (non-hydrogen) atoms. The number of pyridine rings is 1. The van der Waals surface area contributed by atoms with Crippen LogP contribution < -0.4 is 10.1 Å². The van der Waals surface area contributed by atoms with E-state index in [0.717, 1.165) is 16.7 Å². The van der Waals surface area contributed by atoms with Gasteiger partial charge in [-0.25, -0.2) is 4.98 Å². The van der Waals surface area contributed by atoms with E-state index in [9.17, 15) is 9.59 Å². The standard InChI is InChI=1S/C21H22ClN3O3/c1-3-28-20-16(5-4-6-17(20)22)13-25(2)19(27)10-7-14-11-15-8-9-18(26)24-21(15)23-12-14/h4-7,10-12H,3,8-9,13H2,1-2H3,(H,23,24,26). The molecule has 7 heteroatoms.